The number of halogens is 1. The molecular weight excluding hydrogens is 276 g/mol. The van der Waals surface area contributed by atoms with Gasteiger partial charge in [0.15, 0.2) is 0 Å². The molecule has 1 heterocycles. The van der Waals surface area contributed by atoms with E-state index < -0.39 is 10.8 Å². The maximum Gasteiger partial charge on any atom is 0.0501 e. The normalized spacial score (nSPS) is 14.9. The molecule has 0 amide bonds. The van der Waals surface area contributed by atoms with Gasteiger partial charge in [0.1, 0.15) is 0 Å². The Morgan fingerprint density at radius 3 is 2.93 bits per heavy atom. The van der Waals surface area contributed by atoms with E-state index in [4.69, 9.17) is 5.73 Å². The van der Waals surface area contributed by atoms with Crippen molar-refractivity contribution in [2.75, 3.05) is 5.75 Å². The fourth-order valence-corrected chi connectivity index (χ4v) is 2.91. The predicted molar refractivity (Wildman–Crippen MR) is 66.9 cm³/mol. The first-order valence-corrected chi connectivity index (χ1v) is 7.10. The van der Waals surface area contributed by atoms with Crippen LogP contribution in [0.4, 0.5) is 0 Å². The van der Waals surface area contributed by atoms with Crippen LogP contribution < -0.4 is 5.73 Å². The van der Waals surface area contributed by atoms with Crippen LogP contribution in [0.15, 0.2) is 22.9 Å². The van der Waals surface area contributed by atoms with E-state index >= 15 is 0 Å². The Labute approximate surface area is 101 Å². The lowest BCUT2D eigenvalue weighted by Crippen LogP contribution is -2.26. The van der Waals surface area contributed by atoms with Gasteiger partial charge in [-0.1, -0.05) is 6.92 Å². The van der Waals surface area contributed by atoms with Crippen LogP contribution in [0.25, 0.3) is 0 Å². The summed E-state index contributed by atoms with van der Waals surface area (Å²) in [7, 11) is -0.895. The van der Waals surface area contributed by atoms with Crippen LogP contribution in [-0.2, 0) is 16.6 Å². The van der Waals surface area contributed by atoms with Gasteiger partial charge in [0.25, 0.3) is 0 Å². The summed E-state index contributed by atoms with van der Waals surface area (Å²) >= 11 is 3.33. The van der Waals surface area contributed by atoms with Gasteiger partial charge in [-0.2, -0.15) is 0 Å². The van der Waals surface area contributed by atoms with Crippen molar-refractivity contribution in [3.05, 3.63) is 28.5 Å². The molecule has 0 spiro atoms. The van der Waals surface area contributed by atoms with Crippen molar-refractivity contribution in [2.24, 2.45) is 5.73 Å². The Kier molecular flexibility index (Phi) is 5.42. The van der Waals surface area contributed by atoms with E-state index in [0.717, 1.165) is 16.5 Å². The fourth-order valence-electron chi connectivity index (χ4n) is 1.14. The summed E-state index contributed by atoms with van der Waals surface area (Å²) in [6.07, 6.45) is 4.31. The average Bonchev–Trinajstić information content (AvgIpc) is 2.17. The standard InChI is InChI=1S/C10H15BrN2OS/c1-2-10(12)7-15(14)6-8-3-9(11)5-13-4-8/h3-5,10H,2,6-7,12H2,1H3. The maximum absolute atomic E-state index is 11.7. The van der Waals surface area contributed by atoms with E-state index in [1.165, 1.54) is 0 Å². The van der Waals surface area contributed by atoms with Gasteiger partial charge in [-0.05, 0) is 34.0 Å². The van der Waals surface area contributed by atoms with Crippen LogP contribution in [0.1, 0.15) is 18.9 Å². The minimum atomic E-state index is -0.895. The first-order chi connectivity index (χ1) is 7.11. The molecule has 1 aromatic rings. The zero-order chi connectivity index (χ0) is 11.3. The number of hydrogen-bond donors (Lipinski definition) is 1. The van der Waals surface area contributed by atoms with Crippen molar-refractivity contribution < 1.29 is 4.21 Å². The minimum Gasteiger partial charge on any atom is -0.327 e. The highest BCUT2D eigenvalue weighted by Crippen LogP contribution is 2.11. The Morgan fingerprint density at radius 1 is 1.60 bits per heavy atom. The van der Waals surface area contributed by atoms with Crippen LogP contribution in [-0.4, -0.2) is 21.0 Å². The lowest BCUT2D eigenvalue weighted by Gasteiger charge is -2.08. The number of nitrogens with zero attached hydrogens (tertiary/aromatic N) is 1. The Hall–Kier alpha value is -0.260. The summed E-state index contributed by atoms with van der Waals surface area (Å²) in [5, 5.41) is 0. The predicted octanol–water partition coefficient (Wildman–Crippen LogP) is 1.83. The first-order valence-electron chi connectivity index (χ1n) is 4.81. The van der Waals surface area contributed by atoms with Gasteiger partial charge in [-0.25, -0.2) is 0 Å². The summed E-state index contributed by atoms with van der Waals surface area (Å²) in [5.74, 6) is 1.09. The highest BCUT2D eigenvalue weighted by Gasteiger charge is 2.07. The molecule has 0 radical (unpaired) electrons. The summed E-state index contributed by atoms with van der Waals surface area (Å²) < 4.78 is 12.6. The smallest absolute Gasteiger partial charge is 0.0501 e. The number of pyridine rings is 1. The monoisotopic (exact) mass is 290 g/mol. The SMILES string of the molecule is CCC(N)CS(=O)Cc1cncc(Br)c1. The van der Waals surface area contributed by atoms with E-state index in [1.54, 1.807) is 12.4 Å². The Bertz CT molecular complexity index is 346. The molecule has 15 heavy (non-hydrogen) atoms. The van der Waals surface area contributed by atoms with Crippen molar-refractivity contribution in [2.45, 2.75) is 25.1 Å². The second-order valence-corrected chi connectivity index (χ2v) is 5.85. The largest absolute Gasteiger partial charge is 0.327 e. The highest BCUT2D eigenvalue weighted by molar-refractivity contribution is 9.10. The molecular formula is C10H15BrN2OS. The van der Waals surface area contributed by atoms with Gasteiger partial charge < -0.3 is 5.73 Å². The Balaban J connectivity index is 2.51. The molecule has 2 N–H and O–H groups in total. The molecule has 1 rings (SSSR count). The lowest BCUT2D eigenvalue weighted by atomic mass is 10.3. The van der Waals surface area contributed by atoms with Gasteiger partial charge in [0, 0.05) is 39.5 Å². The molecule has 0 aliphatic carbocycles. The zero-order valence-corrected chi connectivity index (χ0v) is 11.1. The van der Waals surface area contributed by atoms with Gasteiger partial charge in [0.2, 0.25) is 0 Å². The Morgan fingerprint density at radius 2 is 2.33 bits per heavy atom. The number of nitrogens with two attached hydrogens (primary N) is 1. The van der Waals surface area contributed by atoms with Crippen molar-refractivity contribution in [3.8, 4) is 0 Å². The molecule has 5 heteroatoms. The van der Waals surface area contributed by atoms with E-state index in [2.05, 4.69) is 20.9 Å². The van der Waals surface area contributed by atoms with Crippen molar-refractivity contribution in [1.82, 2.24) is 4.98 Å². The van der Waals surface area contributed by atoms with Crippen molar-refractivity contribution in [3.63, 3.8) is 0 Å². The van der Waals surface area contributed by atoms with E-state index in [0.29, 0.717) is 11.5 Å². The molecule has 0 aliphatic heterocycles. The molecule has 2 atom stereocenters. The third-order valence-corrected chi connectivity index (χ3v) is 3.90. The minimum absolute atomic E-state index is 0.0333. The van der Waals surface area contributed by atoms with Crippen LogP contribution in [0, 0.1) is 0 Å². The quantitative estimate of drug-likeness (QED) is 0.900. The van der Waals surface area contributed by atoms with Crippen LogP contribution >= 0.6 is 15.9 Å². The van der Waals surface area contributed by atoms with Crippen molar-refractivity contribution >= 4 is 26.7 Å². The molecule has 0 aromatic carbocycles. The molecule has 1 aromatic heterocycles. The second kappa shape index (κ2) is 6.35. The zero-order valence-electron chi connectivity index (χ0n) is 8.65. The van der Waals surface area contributed by atoms with Crippen molar-refractivity contribution in [1.29, 1.82) is 0 Å². The van der Waals surface area contributed by atoms with Gasteiger partial charge in [-0.3, -0.25) is 9.19 Å². The molecule has 0 bridgehead atoms. The molecule has 0 fully saturated rings. The molecule has 2 unspecified atom stereocenters. The molecule has 84 valence electrons. The molecule has 3 nitrogen and oxygen atoms in total. The maximum atomic E-state index is 11.7. The summed E-state index contributed by atoms with van der Waals surface area (Å²) in [4.78, 5) is 4.02. The summed E-state index contributed by atoms with van der Waals surface area (Å²) in [6.45, 7) is 2.00. The number of aromatic nitrogens is 1. The van der Waals surface area contributed by atoms with Crippen LogP contribution in [0.5, 0.6) is 0 Å². The number of hydrogen-bond acceptors (Lipinski definition) is 3. The third-order valence-electron chi connectivity index (χ3n) is 2.01. The molecule has 0 aliphatic rings. The fraction of sp³-hybridized carbons (Fsp3) is 0.500. The summed E-state index contributed by atoms with van der Waals surface area (Å²) in [6, 6.07) is 1.97. The average molecular weight is 291 g/mol. The van der Waals surface area contributed by atoms with E-state index in [1.807, 2.05) is 13.0 Å². The van der Waals surface area contributed by atoms with Crippen LogP contribution in [0.3, 0.4) is 0 Å². The summed E-state index contributed by atoms with van der Waals surface area (Å²) in [5.41, 5.74) is 6.72. The molecule has 0 saturated carbocycles. The van der Waals surface area contributed by atoms with E-state index in [-0.39, 0.29) is 6.04 Å². The first kappa shape index (κ1) is 12.8. The third kappa shape index (κ3) is 4.86. The van der Waals surface area contributed by atoms with Gasteiger partial charge in [-0.15, -0.1) is 0 Å². The van der Waals surface area contributed by atoms with Gasteiger partial charge in [0.05, 0.1) is 5.75 Å². The number of rotatable bonds is 5. The highest BCUT2D eigenvalue weighted by atomic mass is 79.9. The van der Waals surface area contributed by atoms with Gasteiger partial charge >= 0.3 is 0 Å². The molecule has 0 saturated heterocycles. The van der Waals surface area contributed by atoms with E-state index in [9.17, 15) is 4.21 Å². The second-order valence-electron chi connectivity index (χ2n) is 3.43. The topological polar surface area (TPSA) is 56.0 Å². The lowest BCUT2D eigenvalue weighted by molar-refractivity contribution is 0.663. The van der Waals surface area contributed by atoms with Crippen LogP contribution in [0.2, 0.25) is 0 Å².